The first-order valence-electron chi connectivity index (χ1n) is 12.4. The fraction of sp³-hybridized carbons (Fsp3) is 0.640. The third-order valence-corrected chi connectivity index (χ3v) is 6.91. The Morgan fingerprint density at radius 2 is 1.88 bits per heavy atom. The molecule has 9 nitrogen and oxygen atoms in total. The normalized spacial score (nSPS) is 20.2. The van der Waals surface area contributed by atoms with Crippen LogP contribution in [0.15, 0.2) is 30.3 Å². The van der Waals surface area contributed by atoms with Gasteiger partial charge in [-0.2, -0.15) is 0 Å². The minimum Gasteiger partial charge on any atom is -0.361 e. The monoisotopic (exact) mass is 474 g/mol. The highest BCUT2D eigenvalue weighted by molar-refractivity contribution is 5.89. The van der Waals surface area contributed by atoms with E-state index in [9.17, 15) is 24.7 Å². The molecule has 1 aliphatic carbocycles. The summed E-state index contributed by atoms with van der Waals surface area (Å²) in [6, 6.07) is 9.38. The number of hydroxylamine groups is 2. The van der Waals surface area contributed by atoms with Gasteiger partial charge < -0.3 is 15.3 Å². The highest BCUT2D eigenvalue weighted by Crippen LogP contribution is 2.32. The van der Waals surface area contributed by atoms with Gasteiger partial charge in [-0.3, -0.25) is 24.9 Å². The highest BCUT2D eigenvalue weighted by Gasteiger charge is 2.39. The molecule has 3 amide bonds. The molecular formula is C25H38N4O5. The summed E-state index contributed by atoms with van der Waals surface area (Å²) >= 11 is 0. The van der Waals surface area contributed by atoms with Crippen LogP contribution in [-0.4, -0.2) is 70.5 Å². The molecule has 1 unspecified atom stereocenters. The fourth-order valence-corrected chi connectivity index (χ4v) is 5.17. The second kappa shape index (κ2) is 13.4. The van der Waals surface area contributed by atoms with Gasteiger partial charge in [0.1, 0.15) is 6.04 Å². The van der Waals surface area contributed by atoms with E-state index >= 15 is 0 Å². The van der Waals surface area contributed by atoms with E-state index in [4.69, 9.17) is 0 Å². The number of nitrogens with zero attached hydrogens (tertiary/aromatic N) is 2. The van der Waals surface area contributed by atoms with Crippen LogP contribution < -0.4 is 10.6 Å². The summed E-state index contributed by atoms with van der Waals surface area (Å²) in [5.41, 5.74) is 1.21. The van der Waals surface area contributed by atoms with E-state index in [0.29, 0.717) is 49.7 Å². The van der Waals surface area contributed by atoms with E-state index in [1.54, 1.807) is 4.90 Å². The highest BCUT2D eigenvalue weighted by atomic mass is 16.5. The van der Waals surface area contributed by atoms with Crippen LogP contribution >= 0.6 is 0 Å². The van der Waals surface area contributed by atoms with Crippen molar-refractivity contribution in [3.8, 4) is 0 Å². The summed E-state index contributed by atoms with van der Waals surface area (Å²) < 4.78 is 0. The van der Waals surface area contributed by atoms with Gasteiger partial charge in [0.05, 0.1) is 12.5 Å². The summed E-state index contributed by atoms with van der Waals surface area (Å²) in [5.74, 6) is -0.765. The van der Waals surface area contributed by atoms with Crippen molar-refractivity contribution in [2.75, 3.05) is 19.6 Å². The maximum Gasteiger partial charge on any atom is 0.245 e. The average Bonchev–Trinajstić information content (AvgIpc) is 3.54. The number of benzene rings is 1. The number of aliphatic hydroxyl groups is 1. The number of aryl methyl sites for hydroxylation is 1. The summed E-state index contributed by atoms with van der Waals surface area (Å²) in [6.07, 6.45) is 6.95. The summed E-state index contributed by atoms with van der Waals surface area (Å²) in [6.45, 7) is 0.908. The summed E-state index contributed by atoms with van der Waals surface area (Å²) in [7, 11) is 0. The Morgan fingerprint density at radius 1 is 1.15 bits per heavy atom. The standard InChI is InChI=1S/C25H38N4O5/c30-18-28(34)17-21(16-20-10-4-5-11-20)24(32)29-15-7-13-22(29)23(31)27-25(33)26-14-6-12-19-8-2-1-3-9-19/h1-3,8-9,18,20-22,25-26,33-34H,4-7,10-17H2,(H,27,31)/t21-,22+,25?/m1/s1. The van der Waals surface area contributed by atoms with E-state index in [-0.39, 0.29) is 12.5 Å². The Morgan fingerprint density at radius 3 is 2.59 bits per heavy atom. The van der Waals surface area contributed by atoms with E-state index in [0.717, 1.165) is 38.5 Å². The van der Waals surface area contributed by atoms with Gasteiger partial charge in [0, 0.05) is 6.54 Å². The van der Waals surface area contributed by atoms with E-state index in [2.05, 4.69) is 22.8 Å². The molecule has 34 heavy (non-hydrogen) atoms. The smallest absolute Gasteiger partial charge is 0.245 e. The molecule has 2 aliphatic rings. The zero-order valence-electron chi connectivity index (χ0n) is 19.8. The topological polar surface area (TPSA) is 122 Å². The molecule has 3 rings (SSSR count). The van der Waals surface area contributed by atoms with E-state index < -0.39 is 24.2 Å². The Kier molecular flexibility index (Phi) is 10.3. The summed E-state index contributed by atoms with van der Waals surface area (Å²) in [5, 5.41) is 25.9. The van der Waals surface area contributed by atoms with Crippen LogP contribution in [0.2, 0.25) is 0 Å². The molecule has 3 atom stereocenters. The van der Waals surface area contributed by atoms with Crippen LogP contribution in [0, 0.1) is 11.8 Å². The maximum atomic E-state index is 13.3. The molecule has 2 fully saturated rings. The lowest BCUT2D eigenvalue weighted by atomic mass is 9.91. The number of hydrogen-bond acceptors (Lipinski definition) is 6. The molecule has 1 aromatic carbocycles. The Hall–Kier alpha value is -2.49. The summed E-state index contributed by atoms with van der Waals surface area (Å²) in [4.78, 5) is 38.7. The number of aliphatic hydroxyl groups excluding tert-OH is 1. The Balaban J connectivity index is 1.49. The molecule has 4 N–H and O–H groups in total. The second-order valence-corrected chi connectivity index (χ2v) is 9.45. The maximum absolute atomic E-state index is 13.3. The largest absolute Gasteiger partial charge is 0.361 e. The van der Waals surface area contributed by atoms with Gasteiger partial charge in [-0.05, 0) is 50.1 Å². The van der Waals surface area contributed by atoms with Crippen LogP contribution in [0.5, 0.6) is 0 Å². The lowest BCUT2D eigenvalue weighted by Gasteiger charge is -2.30. The number of hydrogen-bond donors (Lipinski definition) is 4. The number of nitrogens with one attached hydrogen (secondary N) is 2. The number of amides is 3. The van der Waals surface area contributed by atoms with Crippen molar-refractivity contribution in [1.82, 2.24) is 20.6 Å². The Bertz CT molecular complexity index is 787. The van der Waals surface area contributed by atoms with Gasteiger partial charge in [0.15, 0.2) is 6.35 Å². The van der Waals surface area contributed by atoms with E-state index in [1.165, 1.54) is 5.56 Å². The first kappa shape index (κ1) is 26.1. The fourth-order valence-electron chi connectivity index (χ4n) is 5.17. The van der Waals surface area contributed by atoms with Crippen molar-refractivity contribution >= 4 is 18.2 Å². The molecule has 0 bridgehead atoms. The lowest BCUT2D eigenvalue weighted by Crippen LogP contribution is -2.54. The van der Waals surface area contributed by atoms with Crippen LogP contribution in [-0.2, 0) is 20.8 Å². The molecule has 1 saturated heterocycles. The number of likely N-dealkylation sites (tertiary alicyclic amines) is 1. The predicted octanol–water partition coefficient (Wildman–Crippen LogP) is 1.64. The van der Waals surface area contributed by atoms with Gasteiger partial charge >= 0.3 is 0 Å². The van der Waals surface area contributed by atoms with Crippen molar-refractivity contribution < 1.29 is 24.7 Å². The quantitative estimate of drug-likeness (QED) is 0.113. The van der Waals surface area contributed by atoms with Crippen LogP contribution in [0.25, 0.3) is 0 Å². The number of carbonyl (C=O) groups excluding carboxylic acids is 3. The second-order valence-electron chi connectivity index (χ2n) is 9.45. The van der Waals surface area contributed by atoms with Gasteiger partial charge in [0.25, 0.3) is 0 Å². The molecule has 188 valence electrons. The molecule has 0 aromatic heterocycles. The predicted molar refractivity (Wildman–Crippen MR) is 126 cm³/mol. The molecule has 1 heterocycles. The average molecular weight is 475 g/mol. The van der Waals surface area contributed by atoms with Gasteiger partial charge in [-0.25, -0.2) is 5.06 Å². The Labute approximate surface area is 201 Å². The number of rotatable bonds is 13. The molecule has 0 spiro atoms. The molecule has 1 saturated carbocycles. The van der Waals surface area contributed by atoms with Crippen LogP contribution in [0.1, 0.15) is 56.9 Å². The first-order chi connectivity index (χ1) is 16.5. The number of carbonyl (C=O) groups is 3. The van der Waals surface area contributed by atoms with Gasteiger partial charge in [-0.1, -0.05) is 56.0 Å². The van der Waals surface area contributed by atoms with Crippen molar-refractivity contribution in [3.63, 3.8) is 0 Å². The van der Waals surface area contributed by atoms with Crippen LogP contribution in [0.4, 0.5) is 0 Å². The molecule has 9 heteroatoms. The van der Waals surface area contributed by atoms with Gasteiger partial charge in [-0.15, -0.1) is 0 Å². The lowest BCUT2D eigenvalue weighted by molar-refractivity contribution is -0.158. The van der Waals surface area contributed by atoms with E-state index in [1.807, 2.05) is 18.2 Å². The third kappa shape index (κ3) is 7.78. The molecule has 0 radical (unpaired) electrons. The minimum atomic E-state index is -1.20. The van der Waals surface area contributed by atoms with Crippen molar-refractivity contribution in [3.05, 3.63) is 35.9 Å². The molecule has 1 aromatic rings. The van der Waals surface area contributed by atoms with Crippen molar-refractivity contribution in [2.24, 2.45) is 11.8 Å². The zero-order chi connectivity index (χ0) is 24.3. The van der Waals surface area contributed by atoms with Crippen LogP contribution in [0.3, 0.4) is 0 Å². The van der Waals surface area contributed by atoms with Crippen molar-refractivity contribution in [2.45, 2.75) is 70.2 Å². The van der Waals surface area contributed by atoms with Gasteiger partial charge in [0.2, 0.25) is 18.2 Å². The molecule has 1 aliphatic heterocycles. The molecular weight excluding hydrogens is 436 g/mol. The van der Waals surface area contributed by atoms with Crippen molar-refractivity contribution in [1.29, 1.82) is 0 Å². The zero-order valence-corrected chi connectivity index (χ0v) is 19.8. The SMILES string of the molecule is O=CN(O)C[C@@H](CC1CCCC1)C(=O)N1CCC[C@H]1C(=O)NC(O)NCCCc1ccccc1. The minimum absolute atomic E-state index is 0.0741. The third-order valence-electron chi connectivity index (χ3n) is 6.91. The first-order valence-corrected chi connectivity index (χ1v) is 12.4.